The van der Waals surface area contributed by atoms with Crippen LogP contribution in [0.15, 0.2) is 0 Å². The zero-order chi connectivity index (χ0) is 9.26. The van der Waals surface area contributed by atoms with Gasteiger partial charge in [0.1, 0.15) is 6.10 Å². The second-order valence-electron chi connectivity index (χ2n) is 3.72. The molecule has 0 spiro atoms. The number of ether oxygens (including phenoxy) is 1. The van der Waals surface area contributed by atoms with E-state index in [2.05, 4.69) is 10.2 Å². The van der Waals surface area contributed by atoms with Gasteiger partial charge in [0.2, 0.25) is 0 Å². The van der Waals surface area contributed by atoms with E-state index in [4.69, 9.17) is 10.5 Å². The summed E-state index contributed by atoms with van der Waals surface area (Å²) >= 11 is 0. The second-order valence-corrected chi connectivity index (χ2v) is 3.72. The second kappa shape index (κ2) is 3.51. The molecule has 2 atom stereocenters. The molecule has 0 saturated carbocycles. The van der Waals surface area contributed by atoms with Crippen LogP contribution >= 0.6 is 0 Å². The summed E-state index contributed by atoms with van der Waals surface area (Å²) in [6.07, 6.45) is 0.764. The summed E-state index contributed by atoms with van der Waals surface area (Å²) in [5.41, 5.74) is 5.76. The Hall–Kier alpha value is -0.810. The predicted molar refractivity (Wildman–Crippen MR) is 47.3 cm³/mol. The monoisotopic (exact) mass is 185 g/mol. The third-order valence-corrected chi connectivity index (χ3v) is 2.52. The maximum absolute atomic E-state index is 10.7. The Morgan fingerprint density at radius 2 is 2.54 bits per heavy atom. The number of nitrogens with two attached hydrogens (primary N) is 1. The van der Waals surface area contributed by atoms with Crippen molar-refractivity contribution in [2.75, 3.05) is 26.2 Å². The Bertz CT molecular complexity index is 210. The number of nitrogens with one attached hydrogen (secondary N) is 1. The van der Waals surface area contributed by atoms with Gasteiger partial charge in [-0.3, -0.25) is 4.90 Å². The van der Waals surface area contributed by atoms with Gasteiger partial charge in [0.05, 0.1) is 6.54 Å². The SMILES string of the molecule is N[C@@H]1CCN(CC2CNC(=O)O2)C1. The quantitative estimate of drug-likeness (QED) is 0.586. The van der Waals surface area contributed by atoms with Crippen LogP contribution in [-0.4, -0.2) is 49.3 Å². The Morgan fingerprint density at radius 1 is 1.69 bits per heavy atom. The summed E-state index contributed by atoms with van der Waals surface area (Å²) in [5, 5.41) is 2.64. The lowest BCUT2D eigenvalue weighted by Crippen LogP contribution is -2.34. The summed E-state index contributed by atoms with van der Waals surface area (Å²) in [7, 11) is 0. The summed E-state index contributed by atoms with van der Waals surface area (Å²) in [6.45, 7) is 3.39. The van der Waals surface area contributed by atoms with Crippen LogP contribution in [0.5, 0.6) is 0 Å². The van der Waals surface area contributed by atoms with Crippen LogP contribution in [-0.2, 0) is 4.74 Å². The first-order chi connectivity index (χ1) is 6.24. The maximum Gasteiger partial charge on any atom is 0.407 e. The molecule has 2 fully saturated rings. The van der Waals surface area contributed by atoms with Crippen molar-refractivity contribution in [2.45, 2.75) is 18.6 Å². The number of nitrogens with zero attached hydrogens (tertiary/aromatic N) is 1. The molecule has 0 aromatic rings. The molecule has 3 N–H and O–H groups in total. The number of likely N-dealkylation sites (tertiary alicyclic amines) is 1. The van der Waals surface area contributed by atoms with Crippen LogP contribution in [0, 0.1) is 0 Å². The molecule has 2 heterocycles. The lowest BCUT2D eigenvalue weighted by Gasteiger charge is -2.17. The fourth-order valence-electron chi connectivity index (χ4n) is 1.85. The third-order valence-electron chi connectivity index (χ3n) is 2.52. The summed E-state index contributed by atoms with van der Waals surface area (Å²) in [4.78, 5) is 13.0. The van der Waals surface area contributed by atoms with Gasteiger partial charge in [0.15, 0.2) is 0 Å². The van der Waals surface area contributed by atoms with Gasteiger partial charge in [0, 0.05) is 19.1 Å². The molecule has 0 aromatic heterocycles. The Kier molecular flexibility index (Phi) is 2.37. The maximum atomic E-state index is 10.7. The first kappa shape index (κ1) is 8.77. The Morgan fingerprint density at radius 3 is 3.08 bits per heavy atom. The molecule has 0 aromatic carbocycles. The van der Waals surface area contributed by atoms with Crippen molar-refractivity contribution in [3.63, 3.8) is 0 Å². The van der Waals surface area contributed by atoms with E-state index < -0.39 is 0 Å². The van der Waals surface area contributed by atoms with Gasteiger partial charge in [-0.05, 0) is 13.0 Å². The minimum Gasteiger partial charge on any atom is -0.443 e. The number of amides is 1. The molecule has 0 radical (unpaired) electrons. The number of alkyl carbamates (subject to hydrolysis) is 1. The smallest absolute Gasteiger partial charge is 0.407 e. The van der Waals surface area contributed by atoms with E-state index in [1.54, 1.807) is 0 Å². The number of hydrogen-bond donors (Lipinski definition) is 2. The number of carbonyl (C=O) groups excluding carboxylic acids is 1. The zero-order valence-electron chi connectivity index (χ0n) is 7.53. The molecule has 13 heavy (non-hydrogen) atoms. The lowest BCUT2D eigenvalue weighted by atomic mass is 10.3. The van der Waals surface area contributed by atoms with E-state index in [9.17, 15) is 4.79 Å². The van der Waals surface area contributed by atoms with Gasteiger partial charge in [-0.2, -0.15) is 0 Å². The van der Waals surface area contributed by atoms with Crippen LogP contribution in [0.25, 0.3) is 0 Å². The van der Waals surface area contributed by atoms with Gasteiger partial charge in [0.25, 0.3) is 0 Å². The van der Waals surface area contributed by atoms with Crippen molar-refractivity contribution in [3.8, 4) is 0 Å². The number of cyclic esters (lactones) is 1. The van der Waals surface area contributed by atoms with Crippen LogP contribution < -0.4 is 11.1 Å². The average molecular weight is 185 g/mol. The van der Waals surface area contributed by atoms with Gasteiger partial charge in [-0.15, -0.1) is 0 Å². The van der Waals surface area contributed by atoms with Crippen molar-refractivity contribution in [1.82, 2.24) is 10.2 Å². The van der Waals surface area contributed by atoms with E-state index in [0.717, 1.165) is 26.1 Å². The molecule has 5 heteroatoms. The molecule has 74 valence electrons. The topological polar surface area (TPSA) is 67.6 Å². The molecule has 0 bridgehead atoms. The first-order valence-electron chi connectivity index (χ1n) is 4.66. The highest BCUT2D eigenvalue weighted by atomic mass is 16.6. The molecule has 2 aliphatic rings. The molecule has 5 nitrogen and oxygen atoms in total. The highest BCUT2D eigenvalue weighted by Gasteiger charge is 2.27. The molecule has 2 saturated heterocycles. The van der Waals surface area contributed by atoms with Crippen molar-refractivity contribution >= 4 is 6.09 Å². The summed E-state index contributed by atoms with van der Waals surface area (Å²) < 4.78 is 5.03. The van der Waals surface area contributed by atoms with Crippen LogP contribution in [0.1, 0.15) is 6.42 Å². The van der Waals surface area contributed by atoms with E-state index in [1.165, 1.54) is 0 Å². The van der Waals surface area contributed by atoms with Crippen molar-refractivity contribution in [3.05, 3.63) is 0 Å². The minimum absolute atomic E-state index is 0.0119. The van der Waals surface area contributed by atoms with Crippen molar-refractivity contribution in [1.29, 1.82) is 0 Å². The average Bonchev–Trinajstić information content (AvgIpc) is 2.62. The number of hydrogen-bond acceptors (Lipinski definition) is 4. The Labute approximate surface area is 77.2 Å². The van der Waals surface area contributed by atoms with E-state index in [0.29, 0.717) is 12.6 Å². The van der Waals surface area contributed by atoms with Crippen LogP contribution in [0.3, 0.4) is 0 Å². The largest absolute Gasteiger partial charge is 0.443 e. The number of carbonyl (C=O) groups is 1. The molecule has 2 aliphatic heterocycles. The van der Waals surface area contributed by atoms with Gasteiger partial charge in [-0.25, -0.2) is 4.79 Å². The van der Waals surface area contributed by atoms with E-state index >= 15 is 0 Å². The number of rotatable bonds is 2. The molecule has 1 unspecified atom stereocenters. The molecular formula is C8H15N3O2. The standard InChI is InChI=1S/C8H15N3O2/c9-6-1-2-11(4-6)5-7-3-10-8(12)13-7/h6-7H,1-5,9H2,(H,10,12)/t6-,7?/m1/s1. The van der Waals surface area contributed by atoms with Crippen LogP contribution in [0.4, 0.5) is 4.79 Å². The van der Waals surface area contributed by atoms with Crippen molar-refractivity contribution < 1.29 is 9.53 Å². The summed E-state index contributed by atoms with van der Waals surface area (Å²) in [6, 6.07) is 0.296. The fourth-order valence-corrected chi connectivity index (χ4v) is 1.85. The molecule has 1 amide bonds. The van der Waals surface area contributed by atoms with Gasteiger partial charge in [-0.1, -0.05) is 0 Å². The summed E-state index contributed by atoms with van der Waals surface area (Å²) in [5.74, 6) is 0. The zero-order valence-corrected chi connectivity index (χ0v) is 7.53. The highest BCUT2D eigenvalue weighted by Crippen LogP contribution is 2.10. The molecular weight excluding hydrogens is 170 g/mol. The normalized spacial score (nSPS) is 34.7. The van der Waals surface area contributed by atoms with Gasteiger partial charge >= 0.3 is 6.09 Å². The minimum atomic E-state index is -0.298. The third kappa shape index (κ3) is 2.10. The molecule has 2 rings (SSSR count). The Balaban J connectivity index is 1.75. The highest BCUT2D eigenvalue weighted by molar-refractivity contribution is 5.69. The van der Waals surface area contributed by atoms with E-state index in [-0.39, 0.29) is 12.2 Å². The van der Waals surface area contributed by atoms with Crippen molar-refractivity contribution in [2.24, 2.45) is 5.73 Å². The lowest BCUT2D eigenvalue weighted by molar-refractivity contribution is 0.116. The first-order valence-corrected chi connectivity index (χ1v) is 4.66. The van der Waals surface area contributed by atoms with E-state index in [1.807, 2.05) is 0 Å². The fraction of sp³-hybridized carbons (Fsp3) is 0.875. The predicted octanol–water partition coefficient (Wildman–Crippen LogP) is -0.872. The van der Waals surface area contributed by atoms with Crippen LogP contribution in [0.2, 0.25) is 0 Å². The molecule has 0 aliphatic carbocycles. The van der Waals surface area contributed by atoms with Gasteiger partial charge < -0.3 is 15.8 Å².